The zero-order chi connectivity index (χ0) is 27.5. The average Bonchev–Trinajstić information content (AvgIpc) is 2.94. The normalized spacial score (nSPS) is 16.9. The molecule has 0 aromatic heterocycles. The first-order chi connectivity index (χ1) is 18.7. The minimum absolute atomic E-state index is 0.0742. The van der Waals surface area contributed by atoms with Gasteiger partial charge < -0.3 is 15.2 Å². The standard InChI is InChI=1S/C33H31N3O3/c1-32(2,3)23-13-17-26(18-14-23)39-27-19-15-24(16-20-27)34-31(37)33(38)22-21-30(28-11-7-8-12-29(28)33)36-35-25-9-5-4-6-10-25/h4-21,38H,22H2,1-3H3,(H,34,37). The quantitative estimate of drug-likeness (QED) is 0.253. The predicted molar refractivity (Wildman–Crippen MR) is 154 cm³/mol. The van der Waals surface area contributed by atoms with Crippen molar-refractivity contribution < 1.29 is 14.6 Å². The van der Waals surface area contributed by atoms with E-state index < -0.39 is 11.5 Å². The van der Waals surface area contributed by atoms with E-state index in [2.05, 4.69) is 48.4 Å². The van der Waals surface area contributed by atoms with Crippen LogP contribution in [0, 0.1) is 0 Å². The van der Waals surface area contributed by atoms with Crippen LogP contribution in [-0.4, -0.2) is 11.0 Å². The highest BCUT2D eigenvalue weighted by molar-refractivity contribution is 5.99. The number of nitrogens with zero attached hydrogens (tertiary/aromatic N) is 2. The zero-order valence-corrected chi connectivity index (χ0v) is 22.3. The van der Waals surface area contributed by atoms with E-state index in [1.165, 1.54) is 5.56 Å². The molecular weight excluding hydrogens is 486 g/mol. The van der Waals surface area contributed by atoms with Crippen molar-refractivity contribution >= 4 is 23.0 Å². The molecule has 1 unspecified atom stereocenters. The minimum Gasteiger partial charge on any atom is -0.457 e. The largest absolute Gasteiger partial charge is 0.457 e. The predicted octanol–water partition coefficient (Wildman–Crippen LogP) is 8.13. The molecule has 0 radical (unpaired) electrons. The van der Waals surface area contributed by atoms with Crippen LogP contribution in [0.25, 0.3) is 5.70 Å². The molecule has 6 heteroatoms. The third kappa shape index (κ3) is 5.81. The lowest BCUT2D eigenvalue weighted by Gasteiger charge is -2.31. The Morgan fingerprint density at radius 1 is 0.821 bits per heavy atom. The van der Waals surface area contributed by atoms with Gasteiger partial charge in [-0.05, 0) is 59.5 Å². The Morgan fingerprint density at radius 3 is 2.10 bits per heavy atom. The third-order valence-electron chi connectivity index (χ3n) is 6.71. The molecule has 0 saturated heterocycles. The van der Waals surface area contributed by atoms with E-state index in [1.807, 2.05) is 54.6 Å². The molecule has 5 rings (SSSR count). The van der Waals surface area contributed by atoms with Gasteiger partial charge in [-0.25, -0.2) is 0 Å². The smallest absolute Gasteiger partial charge is 0.261 e. The van der Waals surface area contributed by atoms with Gasteiger partial charge in [0, 0.05) is 23.2 Å². The monoisotopic (exact) mass is 517 g/mol. The number of azo groups is 1. The van der Waals surface area contributed by atoms with E-state index in [-0.39, 0.29) is 11.8 Å². The molecular formula is C33H31N3O3. The molecule has 2 N–H and O–H groups in total. The number of ether oxygens (including phenoxy) is 1. The fourth-order valence-corrected chi connectivity index (χ4v) is 4.45. The highest BCUT2D eigenvalue weighted by atomic mass is 16.5. The first kappa shape index (κ1) is 26.1. The van der Waals surface area contributed by atoms with Gasteiger partial charge in [-0.1, -0.05) is 81.4 Å². The van der Waals surface area contributed by atoms with Crippen LogP contribution in [0.15, 0.2) is 119 Å². The molecule has 196 valence electrons. The van der Waals surface area contributed by atoms with Crippen LogP contribution in [0.2, 0.25) is 0 Å². The maximum absolute atomic E-state index is 13.4. The zero-order valence-electron chi connectivity index (χ0n) is 22.3. The van der Waals surface area contributed by atoms with E-state index in [4.69, 9.17) is 4.74 Å². The van der Waals surface area contributed by atoms with Crippen molar-refractivity contribution in [2.75, 3.05) is 5.32 Å². The molecule has 0 bridgehead atoms. The number of aliphatic hydroxyl groups is 1. The van der Waals surface area contributed by atoms with E-state index in [0.717, 1.165) is 11.4 Å². The molecule has 6 nitrogen and oxygen atoms in total. The minimum atomic E-state index is -1.74. The van der Waals surface area contributed by atoms with Crippen LogP contribution in [-0.2, 0) is 15.8 Å². The van der Waals surface area contributed by atoms with Crippen LogP contribution < -0.4 is 10.1 Å². The number of carbonyl (C=O) groups is 1. The van der Waals surface area contributed by atoms with Gasteiger partial charge in [0.2, 0.25) is 0 Å². The van der Waals surface area contributed by atoms with Crippen molar-refractivity contribution in [3.63, 3.8) is 0 Å². The van der Waals surface area contributed by atoms with E-state index in [1.54, 1.807) is 42.5 Å². The second kappa shape index (κ2) is 10.7. The Labute approximate surface area is 228 Å². The Hall–Kier alpha value is -4.55. The highest BCUT2D eigenvalue weighted by Crippen LogP contribution is 2.39. The molecule has 0 fully saturated rings. The SMILES string of the molecule is CC(C)(C)c1ccc(Oc2ccc(NC(=O)C3(O)CC=C(N=Nc4ccccc4)c4ccccc43)cc2)cc1. The van der Waals surface area contributed by atoms with Crippen LogP contribution in [0.4, 0.5) is 11.4 Å². The van der Waals surface area contributed by atoms with Crippen LogP contribution in [0.5, 0.6) is 11.5 Å². The van der Waals surface area contributed by atoms with Crippen molar-refractivity contribution in [1.29, 1.82) is 0 Å². The molecule has 0 spiro atoms. The van der Waals surface area contributed by atoms with Crippen molar-refractivity contribution in [2.24, 2.45) is 10.2 Å². The molecule has 0 saturated carbocycles. The second-order valence-electron chi connectivity index (χ2n) is 10.6. The fraction of sp³-hybridized carbons (Fsp3) is 0.182. The molecule has 1 aliphatic carbocycles. The lowest BCUT2D eigenvalue weighted by Crippen LogP contribution is -2.41. The molecule has 1 atom stereocenters. The van der Waals surface area contributed by atoms with Gasteiger partial charge >= 0.3 is 0 Å². The number of carbonyl (C=O) groups excluding carboxylic acids is 1. The van der Waals surface area contributed by atoms with Gasteiger partial charge in [-0.3, -0.25) is 4.79 Å². The maximum Gasteiger partial charge on any atom is 0.261 e. The van der Waals surface area contributed by atoms with E-state index in [0.29, 0.717) is 28.3 Å². The van der Waals surface area contributed by atoms with Crippen molar-refractivity contribution in [3.05, 3.63) is 126 Å². The summed E-state index contributed by atoms with van der Waals surface area (Å²) in [5.41, 5.74) is 2.62. The highest BCUT2D eigenvalue weighted by Gasteiger charge is 2.41. The number of hydrogen-bond donors (Lipinski definition) is 2. The first-order valence-electron chi connectivity index (χ1n) is 12.9. The molecule has 0 heterocycles. The summed E-state index contributed by atoms with van der Waals surface area (Å²) < 4.78 is 5.97. The molecule has 4 aromatic carbocycles. The second-order valence-corrected chi connectivity index (χ2v) is 10.6. The summed E-state index contributed by atoms with van der Waals surface area (Å²) >= 11 is 0. The Bertz CT molecular complexity index is 1520. The maximum atomic E-state index is 13.4. The summed E-state index contributed by atoms with van der Waals surface area (Å²) in [6.07, 6.45) is 1.82. The number of fused-ring (bicyclic) bond motifs is 1. The Kier molecular flexibility index (Phi) is 7.13. The summed E-state index contributed by atoms with van der Waals surface area (Å²) in [4.78, 5) is 13.4. The number of anilines is 1. The van der Waals surface area contributed by atoms with Crippen LogP contribution >= 0.6 is 0 Å². The number of nitrogens with one attached hydrogen (secondary N) is 1. The van der Waals surface area contributed by atoms with Gasteiger partial charge in [0.05, 0.1) is 11.4 Å². The summed E-state index contributed by atoms with van der Waals surface area (Å²) in [7, 11) is 0. The van der Waals surface area contributed by atoms with Gasteiger partial charge in [-0.15, -0.1) is 0 Å². The van der Waals surface area contributed by atoms with Gasteiger partial charge in [0.15, 0.2) is 5.60 Å². The van der Waals surface area contributed by atoms with E-state index in [9.17, 15) is 9.90 Å². The lowest BCUT2D eigenvalue weighted by molar-refractivity contribution is -0.134. The van der Waals surface area contributed by atoms with Gasteiger partial charge in [-0.2, -0.15) is 10.2 Å². The summed E-state index contributed by atoms with van der Waals surface area (Å²) in [5.74, 6) is 0.867. The molecule has 39 heavy (non-hydrogen) atoms. The molecule has 1 amide bonds. The first-order valence-corrected chi connectivity index (χ1v) is 12.9. The summed E-state index contributed by atoms with van der Waals surface area (Å²) in [6, 6.07) is 31.8. The van der Waals surface area contributed by atoms with E-state index >= 15 is 0 Å². The Morgan fingerprint density at radius 2 is 1.44 bits per heavy atom. The van der Waals surface area contributed by atoms with Crippen LogP contribution in [0.1, 0.15) is 43.9 Å². The number of benzene rings is 4. The summed E-state index contributed by atoms with van der Waals surface area (Å²) in [6.45, 7) is 6.51. The van der Waals surface area contributed by atoms with Gasteiger partial charge in [0.1, 0.15) is 11.5 Å². The lowest BCUT2D eigenvalue weighted by atomic mass is 9.81. The van der Waals surface area contributed by atoms with Crippen molar-refractivity contribution in [3.8, 4) is 11.5 Å². The fourth-order valence-electron chi connectivity index (χ4n) is 4.45. The van der Waals surface area contributed by atoms with Gasteiger partial charge in [0.25, 0.3) is 5.91 Å². The average molecular weight is 518 g/mol. The van der Waals surface area contributed by atoms with Crippen LogP contribution in [0.3, 0.4) is 0 Å². The molecule has 4 aromatic rings. The number of hydrogen-bond acceptors (Lipinski definition) is 5. The summed E-state index contributed by atoms with van der Waals surface area (Å²) in [5, 5.41) is 23.1. The number of rotatable bonds is 6. The molecule has 1 aliphatic rings. The topological polar surface area (TPSA) is 83.3 Å². The number of amides is 1. The van der Waals surface area contributed by atoms with Crippen molar-refractivity contribution in [1.82, 2.24) is 0 Å². The van der Waals surface area contributed by atoms with Crippen molar-refractivity contribution in [2.45, 2.75) is 38.2 Å². The third-order valence-corrected chi connectivity index (χ3v) is 6.71. The molecule has 0 aliphatic heterocycles. The Balaban J connectivity index is 1.29.